The lowest BCUT2D eigenvalue weighted by atomic mass is 10.3. The van der Waals surface area contributed by atoms with Crippen molar-refractivity contribution in [2.75, 3.05) is 0 Å². The van der Waals surface area contributed by atoms with Crippen molar-refractivity contribution in [1.29, 1.82) is 0 Å². The molecule has 0 spiro atoms. The van der Waals surface area contributed by atoms with Gasteiger partial charge in [0.25, 0.3) is 5.56 Å². The zero-order valence-corrected chi connectivity index (χ0v) is 11.7. The molecule has 0 aliphatic carbocycles. The van der Waals surface area contributed by atoms with Gasteiger partial charge >= 0.3 is 0 Å². The molecule has 0 fully saturated rings. The van der Waals surface area contributed by atoms with E-state index >= 15 is 0 Å². The van der Waals surface area contributed by atoms with Crippen molar-refractivity contribution in [2.45, 2.75) is 0 Å². The summed E-state index contributed by atoms with van der Waals surface area (Å²) >= 11 is 5.00. The molecule has 2 rings (SSSR count). The molecule has 5 nitrogen and oxygen atoms in total. The third kappa shape index (κ3) is 2.53. The fourth-order valence-corrected chi connectivity index (χ4v) is 1.81. The molecule has 20 heavy (non-hydrogen) atoms. The van der Waals surface area contributed by atoms with Crippen molar-refractivity contribution in [3.8, 4) is 5.88 Å². The average molecular weight is 293 g/mol. The molecule has 1 N–H and O–H groups in total. The highest BCUT2D eigenvalue weighted by atomic mass is 32.1. The monoisotopic (exact) mass is 293 g/mol. The SMILES string of the molecule is Cn1c(O)c(C=Nc2ccc(F)cc2)c(=O)n(C)c1=S. The van der Waals surface area contributed by atoms with E-state index < -0.39 is 5.56 Å². The van der Waals surface area contributed by atoms with Crippen molar-refractivity contribution in [3.05, 3.63) is 50.8 Å². The van der Waals surface area contributed by atoms with Gasteiger partial charge in [0.05, 0.1) is 5.69 Å². The summed E-state index contributed by atoms with van der Waals surface area (Å²) in [5.41, 5.74) is 0.0438. The molecule has 1 aromatic carbocycles. The van der Waals surface area contributed by atoms with Gasteiger partial charge in [0, 0.05) is 20.3 Å². The first kappa shape index (κ1) is 14.1. The van der Waals surface area contributed by atoms with Crippen molar-refractivity contribution in [2.24, 2.45) is 19.1 Å². The van der Waals surface area contributed by atoms with Gasteiger partial charge in [0.15, 0.2) is 4.77 Å². The Kier molecular flexibility index (Phi) is 3.80. The number of hydrogen-bond donors (Lipinski definition) is 1. The van der Waals surface area contributed by atoms with E-state index in [1.807, 2.05) is 0 Å². The lowest BCUT2D eigenvalue weighted by Gasteiger charge is -2.08. The molecule has 2 aromatic rings. The van der Waals surface area contributed by atoms with Gasteiger partial charge in [-0.1, -0.05) is 0 Å². The summed E-state index contributed by atoms with van der Waals surface area (Å²) in [5.74, 6) is -0.631. The molecule has 0 aliphatic heterocycles. The van der Waals surface area contributed by atoms with Crippen LogP contribution in [0.25, 0.3) is 0 Å². The first-order valence-corrected chi connectivity index (χ1v) is 6.11. The number of halogens is 1. The molecule has 1 aromatic heterocycles. The largest absolute Gasteiger partial charge is 0.494 e. The topological polar surface area (TPSA) is 59.5 Å². The van der Waals surface area contributed by atoms with Crippen LogP contribution in [0.4, 0.5) is 10.1 Å². The number of rotatable bonds is 2. The Labute approximate surface area is 119 Å². The van der Waals surface area contributed by atoms with E-state index in [2.05, 4.69) is 4.99 Å². The summed E-state index contributed by atoms with van der Waals surface area (Å²) in [5, 5.41) is 9.94. The van der Waals surface area contributed by atoms with Crippen molar-refractivity contribution < 1.29 is 9.50 Å². The number of aromatic nitrogens is 2. The third-order valence-electron chi connectivity index (χ3n) is 2.84. The minimum Gasteiger partial charge on any atom is -0.494 e. The van der Waals surface area contributed by atoms with Gasteiger partial charge < -0.3 is 5.11 Å². The summed E-state index contributed by atoms with van der Waals surface area (Å²) in [6, 6.07) is 5.46. The van der Waals surface area contributed by atoms with Crippen LogP contribution in [-0.2, 0) is 14.1 Å². The van der Waals surface area contributed by atoms with E-state index in [0.717, 1.165) is 0 Å². The van der Waals surface area contributed by atoms with Crippen LogP contribution in [0.2, 0.25) is 0 Å². The first-order chi connectivity index (χ1) is 9.41. The summed E-state index contributed by atoms with van der Waals surface area (Å²) < 4.78 is 15.5. The number of aliphatic imine (C=N–C) groups is 1. The Hall–Kier alpha value is -2.28. The second kappa shape index (κ2) is 5.38. The predicted molar refractivity (Wildman–Crippen MR) is 76.8 cm³/mol. The summed E-state index contributed by atoms with van der Waals surface area (Å²) in [4.78, 5) is 16.0. The second-order valence-corrected chi connectivity index (χ2v) is 4.54. The minimum atomic E-state index is -0.448. The van der Waals surface area contributed by atoms with Gasteiger partial charge in [-0.2, -0.15) is 0 Å². The maximum atomic E-state index is 12.8. The Morgan fingerprint density at radius 2 is 1.85 bits per heavy atom. The quantitative estimate of drug-likeness (QED) is 0.681. The number of nitrogens with zero attached hydrogens (tertiary/aromatic N) is 3. The normalized spacial score (nSPS) is 11.2. The molecular formula is C13H12FN3O2S. The second-order valence-electron chi connectivity index (χ2n) is 4.18. The van der Waals surface area contributed by atoms with Gasteiger partial charge in [0.1, 0.15) is 11.4 Å². The summed E-state index contributed by atoms with van der Waals surface area (Å²) in [6.07, 6.45) is 1.24. The van der Waals surface area contributed by atoms with E-state index in [-0.39, 0.29) is 22.0 Å². The molecule has 0 aliphatic rings. The highest BCUT2D eigenvalue weighted by molar-refractivity contribution is 7.71. The van der Waals surface area contributed by atoms with Crippen LogP contribution in [0.3, 0.4) is 0 Å². The van der Waals surface area contributed by atoms with E-state index in [1.165, 1.54) is 46.7 Å². The molecule has 0 radical (unpaired) electrons. The van der Waals surface area contributed by atoms with Crippen LogP contribution in [0, 0.1) is 10.6 Å². The molecule has 0 unspecified atom stereocenters. The first-order valence-electron chi connectivity index (χ1n) is 5.70. The van der Waals surface area contributed by atoms with Crippen LogP contribution in [0.15, 0.2) is 34.1 Å². The lowest BCUT2D eigenvalue weighted by Crippen LogP contribution is -2.25. The maximum absolute atomic E-state index is 12.8. The van der Waals surface area contributed by atoms with E-state index in [9.17, 15) is 14.3 Å². The summed E-state index contributed by atoms with van der Waals surface area (Å²) in [6.45, 7) is 0. The van der Waals surface area contributed by atoms with Crippen LogP contribution in [0.5, 0.6) is 5.88 Å². The lowest BCUT2D eigenvalue weighted by molar-refractivity contribution is 0.415. The Balaban J connectivity index is 2.52. The number of aromatic hydroxyl groups is 1. The Morgan fingerprint density at radius 3 is 2.45 bits per heavy atom. The molecule has 1 heterocycles. The highest BCUT2D eigenvalue weighted by Crippen LogP contribution is 2.14. The zero-order chi connectivity index (χ0) is 14.9. The Bertz CT molecular complexity index is 791. The molecular weight excluding hydrogens is 281 g/mol. The van der Waals surface area contributed by atoms with E-state index in [0.29, 0.717) is 5.69 Å². The predicted octanol–water partition coefficient (Wildman–Crippen LogP) is 2.05. The Morgan fingerprint density at radius 1 is 1.25 bits per heavy atom. The molecule has 7 heteroatoms. The average Bonchev–Trinajstić information content (AvgIpc) is 2.45. The van der Waals surface area contributed by atoms with Crippen LogP contribution in [0.1, 0.15) is 5.56 Å². The van der Waals surface area contributed by atoms with Crippen molar-refractivity contribution in [3.63, 3.8) is 0 Å². The molecule has 0 amide bonds. The van der Waals surface area contributed by atoms with E-state index in [4.69, 9.17) is 12.2 Å². The fraction of sp³-hybridized carbons (Fsp3) is 0.154. The molecule has 104 valence electrons. The van der Waals surface area contributed by atoms with Gasteiger partial charge in [-0.3, -0.25) is 18.9 Å². The molecule has 0 saturated carbocycles. The maximum Gasteiger partial charge on any atom is 0.266 e. The van der Waals surface area contributed by atoms with Gasteiger partial charge in [-0.25, -0.2) is 4.39 Å². The fourth-order valence-electron chi connectivity index (χ4n) is 1.64. The molecule has 0 bridgehead atoms. The minimum absolute atomic E-state index is 0.0212. The third-order valence-corrected chi connectivity index (χ3v) is 3.38. The van der Waals surface area contributed by atoms with Gasteiger partial charge in [-0.05, 0) is 36.5 Å². The van der Waals surface area contributed by atoms with Crippen molar-refractivity contribution >= 4 is 24.1 Å². The van der Waals surface area contributed by atoms with Crippen LogP contribution in [-0.4, -0.2) is 20.5 Å². The number of hydrogen-bond acceptors (Lipinski definition) is 4. The van der Waals surface area contributed by atoms with Crippen LogP contribution < -0.4 is 5.56 Å². The number of benzene rings is 1. The smallest absolute Gasteiger partial charge is 0.266 e. The summed E-state index contributed by atoms with van der Waals surface area (Å²) in [7, 11) is 3.06. The van der Waals surface area contributed by atoms with Gasteiger partial charge in [0.2, 0.25) is 5.88 Å². The van der Waals surface area contributed by atoms with Crippen molar-refractivity contribution in [1.82, 2.24) is 9.13 Å². The zero-order valence-electron chi connectivity index (χ0n) is 10.9. The van der Waals surface area contributed by atoms with Gasteiger partial charge in [-0.15, -0.1) is 0 Å². The van der Waals surface area contributed by atoms with E-state index in [1.54, 1.807) is 7.05 Å². The highest BCUT2D eigenvalue weighted by Gasteiger charge is 2.10. The molecule has 0 saturated heterocycles. The standard InChI is InChI=1S/C13H12FN3O2S/c1-16-11(18)10(12(19)17(2)13(16)20)7-15-9-5-3-8(14)4-6-9/h3-7,18H,1-2H3. The van der Waals surface area contributed by atoms with Crippen LogP contribution >= 0.6 is 12.2 Å². The molecule has 0 atom stereocenters.